The van der Waals surface area contributed by atoms with E-state index in [0.29, 0.717) is 17.4 Å². The largest absolute Gasteiger partial charge is 0.346 e. The minimum atomic E-state index is -0.459. The van der Waals surface area contributed by atoms with Crippen LogP contribution >= 0.6 is 0 Å². The third kappa shape index (κ3) is 2.85. The first-order valence-electron chi connectivity index (χ1n) is 7.36. The van der Waals surface area contributed by atoms with E-state index in [0.717, 1.165) is 11.1 Å². The van der Waals surface area contributed by atoms with Gasteiger partial charge in [-0.2, -0.15) is 5.10 Å². The number of carbonyl (C=O) groups is 1. The highest BCUT2D eigenvalue weighted by molar-refractivity contribution is 5.95. The van der Waals surface area contributed by atoms with Crippen molar-refractivity contribution in [1.82, 2.24) is 15.1 Å². The quantitative estimate of drug-likeness (QED) is 0.806. The van der Waals surface area contributed by atoms with Gasteiger partial charge in [-0.05, 0) is 30.2 Å². The Balaban J connectivity index is 1.91. The number of para-hydroxylation sites is 1. The van der Waals surface area contributed by atoms with E-state index in [4.69, 9.17) is 0 Å². The molecule has 23 heavy (non-hydrogen) atoms. The highest BCUT2D eigenvalue weighted by Crippen LogP contribution is 2.09. The Morgan fingerprint density at radius 2 is 1.83 bits per heavy atom. The Morgan fingerprint density at radius 3 is 2.61 bits per heavy atom. The van der Waals surface area contributed by atoms with Crippen molar-refractivity contribution in [2.45, 2.75) is 13.5 Å². The maximum Gasteiger partial charge on any atom is 0.276 e. The molecule has 1 aromatic heterocycles. The molecular weight excluding hydrogens is 290 g/mol. The van der Waals surface area contributed by atoms with Gasteiger partial charge in [0, 0.05) is 19.0 Å². The third-order valence-electron chi connectivity index (χ3n) is 3.88. The summed E-state index contributed by atoms with van der Waals surface area (Å²) >= 11 is 0. The van der Waals surface area contributed by atoms with Crippen LogP contribution in [0.1, 0.15) is 21.6 Å². The molecule has 116 valence electrons. The average molecular weight is 307 g/mol. The number of aromatic nitrogens is 2. The van der Waals surface area contributed by atoms with E-state index in [1.807, 2.05) is 37.3 Å². The summed E-state index contributed by atoms with van der Waals surface area (Å²) in [5.41, 5.74) is 2.37. The normalized spacial score (nSPS) is 10.7. The molecule has 0 spiro atoms. The zero-order chi connectivity index (χ0) is 16.4. The number of aryl methyl sites for hydroxylation is 2. The van der Waals surface area contributed by atoms with E-state index in [9.17, 15) is 9.59 Å². The Hall–Kier alpha value is -2.95. The Bertz CT molecular complexity index is 944. The molecule has 0 fully saturated rings. The highest BCUT2D eigenvalue weighted by Gasteiger charge is 2.16. The smallest absolute Gasteiger partial charge is 0.276 e. The number of amides is 1. The predicted octanol–water partition coefficient (Wildman–Crippen LogP) is 2.17. The molecule has 1 N–H and O–H groups in total. The summed E-state index contributed by atoms with van der Waals surface area (Å²) in [6, 6.07) is 14.9. The van der Waals surface area contributed by atoms with Gasteiger partial charge in [-0.25, -0.2) is 0 Å². The van der Waals surface area contributed by atoms with Crippen LogP contribution in [-0.4, -0.2) is 15.7 Å². The molecule has 3 aromatic rings. The summed E-state index contributed by atoms with van der Waals surface area (Å²) in [6.45, 7) is 2.35. The maximum atomic E-state index is 12.5. The summed E-state index contributed by atoms with van der Waals surface area (Å²) in [5.74, 6) is -0.459. The second-order valence-corrected chi connectivity index (χ2v) is 5.43. The fourth-order valence-corrected chi connectivity index (χ4v) is 2.54. The van der Waals surface area contributed by atoms with E-state index >= 15 is 0 Å². The fourth-order valence-electron chi connectivity index (χ4n) is 2.54. The van der Waals surface area contributed by atoms with Gasteiger partial charge >= 0.3 is 0 Å². The van der Waals surface area contributed by atoms with Crippen molar-refractivity contribution in [3.8, 4) is 0 Å². The first kappa shape index (κ1) is 15.0. The van der Waals surface area contributed by atoms with E-state index in [1.54, 1.807) is 29.9 Å². The lowest BCUT2D eigenvalue weighted by Gasteiger charge is -2.09. The van der Waals surface area contributed by atoms with Gasteiger partial charge in [0.2, 0.25) is 5.43 Å². The molecule has 0 saturated carbocycles. The van der Waals surface area contributed by atoms with Gasteiger partial charge in [0.1, 0.15) is 0 Å². The molecule has 0 atom stereocenters. The Labute approximate surface area is 133 Å². The Kier molecular flexibility index (Phi) is 3.93. The lowest BCUT2D eigenvalue weighted by atomic mass is 10.1. The van der Waals surface area contributed by atoms with Gasteiger partial charge in [0.15, 0.2) is 5.69 Å². The molecule has 3 rings (SSSR count). The van der Waals surface area contributed by atoms with Crippen molar-refractivity contribution in [2.24, 2.45) is 7.05 Å². The molecule has 1 heterocycles. The number of rotatable bonds is 3. The SMILES string of the molecule is Cc1ccccc1CNC(=O)c1nn(C)c2ccccc2c1=O. The van der Waals surface area contributed by atoms with E-state index in [-0.39, 0.29) is 11.1 Å². The summed E-state index contributed by atoms with van der Waals surface area (Å²) in [6.07, 6.45) is 0. The second-order valence-electron chi connectivity index (χ2n) is 5.43. The average Bonchev–Trinajstić information content (AvgIpc) is 2.57. The molecule has 5 heteroatoms. The van der Waals surface area contributed by atoms with E-state index in [2.05, 4.69) is 10.4 Å². The Morgan fingerprint density at radius 1 is 1.13 bits per heavy atom. The van der Waals surface area contributed by atoms with Crippen LogP contribution in [0.15, 0.2) is 53.3 Å². The summed E-state index contributed by atoms with van der Waals surface area (Å²) in [7, 11) is 1.72. The second kappa shape index (κ2) is 6.04. The molecule has 0 aliphatic carbocycles. The van der Waals surface area contributed by atoms with E-state index < -0.39 is 5.91 Å². The van der Waals surface area contributed by atoms with Crippen LogP contribution in [0.3, 0.4) is 0 Å². The summed E-state index contributed by atoms with van der Waals surface area (Å²) in [4.78, 5) is 24.8. The van der Waals surface area contributed by atoms with Crippen molar-refractivity contribution in [1.29, 1.82) is 0 Å². The lowest BCUT2D eigenvalue weighted by molar-refractivity contribution is 0.0943. The van der Waals surface area contributed by atoms with Gasteiger partial charge in [0.05, 0.1) is 5.52 Å². The number of hydrogen-bond donors (Lipinski definition) is 1. The molecule has 0 radical (unpaired) electrons. The fraction of sp³-hybridized carbons (Fsp3) is 0.167. The molecular formula is C18H17N3O2. The highest BCUT2D eigenvalue weighted by atomic mass is 16.2. The molecule has 0 unspecified atom stereocenters. The molecule has 0 aliphatic heterocycles. The molecule has 1 amide bonds. The van der Waals surface area contributed by atoms with Crippen LogP contribution in [-0.2, 0) is 13.6 Å². The third-order valence-corrected chi connectivity index (χ3v) is 3.88. The number of fused-ring (bicyclic) bond motifs is 1. The van der Waals surface area contributed by atoms with Crippen LogP contribution in [0.25, 0.3) is 10.9 Å². The van der Waals surface area contributed by atoms with Crippen LogP contribution < -0.4 is 10.7 Å². The van der Waals surface area contributed by atoms with Crippen LogP contribution in [0.4, 0.5) is 0 Å². The molecule has 0 bridgehead atoms. The van der Waals surface area contributed by atoms with Crippen molar-refractivity contribution in [3.63, 3.8) is 0 Å². The number of benzene rings is 2. The molecule has 2 aromatic carbocycles. The van der Waals surface area contributed by atoms with Gasteiger partial charge in [-0.1, -0.05) is 36.4 Å². The van der Waals surface area contributed by atoms with Gasteiger partial charge in [-0.15, -0.1) is 0 Å². The zero-order valence-electron chi connectivity index (χ0n) is 13.0. The summed E-state index contributed by atoms with van der Waals surface area (Å²) in [5, 5.41) is 7.39. The number of hydrogen-bond acceptors (Lipinski definition) is 3. The first-order valence-corrected chi connectivity index (χ1v) is 7.36. The topological polar surface area (TPSA) is 64.0 Å². The van der Waals surface area contributed by atoms with Gasteiger partial charge in [-0.3, -0.25) is 14.3 Å². The molecule has 0 saturated heterocycles. The van der Waals surface area contributed by atoms with Gasteiger partial charge < -0.3 is 5.32 Å². The van der Waals surface area contributed by atoms with Crippen LogP contribution in [0.2, 0.25) is 0 Å². The summed E-state index contributed by atoms with van der Waals surface area (Å²) < 4.78 is 1.55. The number of nitrogens with zero attached hydrogens (tertiary/aromatic N) is 2. The van der Waals surface area contributed by atoms with Crippen LogP contribution in [0.5, 0.6) is 0 Å². The minimum absolute atomic E-state index is 0.0835. The minimum Gasteiger partial charge on any atom is -0.346 e. The molecule has 5 nitrogen and oxygen atoms in total. The first-order chi connectivity index (χ1) is 11.1. The van der Waals surface area contributed by atoms with Crippen molar-refractivity contribution in [2.75, 3.05) is 0 Å². The monoisotopic (exact) mass is 307 g/mol. The molecule has 0 aliphatic rings. The number of carbonyl (C=O) groups excluding carboxylic acids is 1. The maximum absolute atomic E-state index is 12.5. The van der Waals surface area contributed by atoms with Gasteiger partial charge in [0.25, 0.3) is 5.91 Å². The van der Waals surface area contributed by atoms with Crippen molar-refractivity contribution < 1.29 is 4.79 Å². The lowest BCUT2D eigenvalue weighted by Crippen LogP contribution is -2.31. The number of nitrogens with one attached hydrogen (secondary N) is 1. The van der Waals surface area contributed by atoms with Crippen molar-refractivity contribution in [3.05, 3.63) is 75.6 Å². The predicted molar refractivity (Wildman–Crippen MR) is 89.3 cm³/mol. The standard InChI is InChI=1S/C18H17N3O2/c1-12-7-3-4-8-13(12)11-19-18(23)16-17(22)14-9-5-6-10-15(14)21(2)20-16/h3-10H,11H2,1-2H3,(H,19,23). The zero-order valence-corrected chi connectivity index (χ0v) is 13.0. The van der Waals surface area contributed by atoms with Crippen LogP contribution in [0, 0.1) is 6.92 Å². The van der Waals surface area contributed by atoms with Crippen molar-refractivity contribution >= 4 is 16.8 Å². The van der Waals surface area contributed by atoms with E-state index in [1.165, 1.54) is 0 Å².